The summed E-state index contributed by atoms with van der Waals surface area (Å²) in [5.74, 6) is 0.262. The van der Waals surface area contributed by atoms with Gasteiger partial charge in [0.25, 0.3) is 11.5 Å². The van der Waals surface area contributed by atoms with E-state index in [1.54, 1.807) is 24.3 Å². The molecule has 158 valence electrons. The smallest absolute Gasteiger partial charge is 0.275 e. The van der Waals surface area contributed by atoms with Crippen LogP contribution in [0.15, 0.2) is 64.3 Å². The average molecular weight is 471 g/mol. The zero-order chi connectivity index (χ0) is 21.8. The summed E-state index contributed by atoms with van der Waals surface area (Å²) in [4.78, 5) is 31.1. The highest BCUT2D eigenvalue weighted by atomic mass is 35.5. The van der Waals surface area contributed by atoms with Crippen LogP contribution in [-0.4, -0.2) is 20.5 Å². The summed E-state index contributed by atoms with van der Waals surface area (Å²) in [5, 5.41) is 8.69. The fourth-order valence-corrected chi connectivity index (χ4v) is 5.07. The molecule has 2 aromatic carbocycles. The molecule has 2 aromatic heterocycles. The highest BCUT2D eigenvalue weighted by molar-refractivity contribution is 7.98. The molecule has 0 fully saturated rings. The molecule has 6 nitrogen and oxygen atoms in total. The Labute approximate surface area is 192 Å². The lowest BCUT2D eigenvalue weighted by atomic mass is 10.2. The number of carbonyl (C=O) groups is 1. The first-order valence-electron chi connectivity index (χ1n) is 9.71. The van der Waals surface area contributed by atoms with Crippen LogP contribution in [0.3, 0.4) is 0 Å². The van der Waals surface area contributed by atoms with E-state index in [0.29, 0.717) is 32.7 Å². The predicted molar refractivity (Wildman–Crippen MR) is 127 cm³/mol. The number of hydrogen-bond acceptors (Lipinski definition) is 6. The summed E-state index contributed by atoms with van der Waals surface area (Å²) in [5.41, 5.74) is 1.68. The van der Waals surface area contributed by atoms with Crippen LogP contribution in [0.1, 0.15) is 34.4 Å². The number of amides is 1. The molecule has 0 aliphatic rings. The summed E-state index contributed by atoms with van der Waals surface area (Å²) in [6.07, 6.45) is 1.80. The third kappa shape index (κ3) is 5.15. The molecule has 0 radical (unpaired) electrons. The van der Waals surface area contributed by atoms with Crippen LogP contribution in [-0.2, 0) is 12.2 Å². The van der Waals surface area contributed by atoms with E-state index in [9.17, 15) is 9.59 Å². The van der Waals surface area contributed by atoms with Gasteiger partial charge < -0.3 is 5.32 Å². The zero-order valence-electron chi connectivity index (χ0n) is 16.7. The lowest BCUT2D eigenvalue weighted by Gasteiger charge is -2.11. The van der Waals surface area contributed by atoms with Crippen LogP contribution in [0.2, 0.25) is 5.02 Å². The van der Waals surface area contributed by atoms with Gasteiger partial charge in [-0.3, -0.25) is 9.59 Å². The molecule has 0 aliphatic heterocycles. The molecular formula is C22H19ClN4O2S2. The Balaban J connectivity index is 1.51. The van der Waals surface area contributed by atoms with Crippen molar-refractivity contribution in [3.05, 3.63) is 86.2 Å². The van der Waals surface area contributed by atoms with E-state index >= 15 is 0 Å². The lowest BCUT2D eigenvalue weighted by molar-refractivity contribution is 0.102. The molecular weight excluding hydrogens is 452 g/mol. The Hall–Kier alpha value is -2.68. The van der Waals surface area contributed by atoms with E-state index in [2.05, 4.69) is 22.3 Å². The number of benzene rings is 2. The zero-order valence-corrected chi connectivity index (χ0v) is 19.1. The van der Waals surface area contributed by atoms with Crippen molar-refractivity contribution in [3.8, 4) is 0 Å². The summed E-state index contributed by atoms with van der Waals surface area (Å²) in [6, 6.07) is 15.9. The number of rotatable bonds is 7. The van der Waals surface area contributed by atoms with Crippen LogP contribution < -0.4 is 10.9 Å². The van der Waals surface area contributed by atoms with Gasteiger partial charge >= 0.3 is 0 Å². The number of carbonyl (C=O) groups excluding carboxylic acids is 1. The molecule has 2 heterocycles. The molecule has 9 heteroatoms. The quantitative estimate of drug-likeness (QED) is 0.371. The standard InChI is InChI=1S/C22H19ClN4O2S2/c1-2-6-19-26-27-20(28)12-16(24-22(27)31-19)13-30-18-10-4-3-9-17(18)25-21(29)14-7-5-8-15(23)11-14/h3-5,7-12H,2,6,13H2,1H3,(H,25,29). The Kier molecular flexibility index (Phi) is 6.70. The molecule has 0 unspecified atom stereocenters. The van der Waals surface area contributed by atoms with E-state index in [1.165, 1.54) is 33.7 Å². The Morgan fingerprint density at radius 3 is 2.84 bits per heavy atom. The fraction of sp³-hybridized carbons (Fsp3) is 0.182. The van der Waals surface area contributed by atoms with Crippen LogP contribution >= 0.6 is 34.7 Å². The van der Waals surface area contributed by atoms with E-state index in [-0.39, 0.29) is 11.5 Å². The van der Waals surface area contributed by atoms with Crippen LogP contribution in [0.5, 0.6) is 0 Å². The first-order valence-corrected chi connectivity index (χ1v) is 11.9. The minimum absolute atomic E-state index is 0.179. The van der Waals surface area contributed by atoms with Gasteiger partial charge in [0.05, 0.1) is 11.4 Å². The highest BCUT2D eigenvalue weighted by Gasteiger charge is 2.12. The van der Waals surface area contributed by atoms with E-state index in [4.69, 9.17) is 11.6 Å². The topological polar surface area (TPSA) is 76.4 Å². The second-order valence-corrected chi connectivity index (χ2v) is 9.27. The van der Waals surface area contributed by atoms with Gasteiger partial charge in [-0.2, -0.15) is 9.61 Å². The van der Waals surface area contributed by atoms with Gasteiger partial charge in [0, 0.05) is 33.7 Å². The summed E-state index contributed by atoms with van der Waals surface area (Å²) in [6.45, 7) is 2.08. The number of nitrogens with zero attached hydrogens (tertiary/aromatic N) is 3. The number of aromatic nitrogens is 3. The molecule has 0 bridgehead atoms. The molecule has 0 aliphatic carbocycles. The SMILES string of the molecule is CCCc1nn2c(=O)cc(CSc3ccccc3NC(=O)c3cccc(Cl)c3)nc2s1. The first kappa shape index (κ1) is 21.5. The number of halogens is 1. The molecule has 0 spiro atoms. The van der Waals surface area contributed by atoms with Gasteiger partial charge in [-0.25, -0.2) is 4.98 Å². The predicted octanol–water partition coefficient (Wildman–Crippen LogP) is 5.30. The van der Waals surface area contributed by atoms with Gasteiger partial charge in [-0.15, -0.1) is 11.8 Å². The number of aryl methyl sites for hydroxylation is 1. The van der Waals surface area contributed by atoms with Crippen LogP contribution in [0, 0.1) is 0 Å². The molecule has 4 rings (SSSR count). The molecule has 31 heavy (non-hydrogen) atoms. The highest BCUT2D eigenvalue weighted by Crippen LogP contribution is 2.30. The van der Waals surface area contributed by atoms with Crippen molar-refractivity contribution in [2.75, 3.05) is 5.32 Å². The van der Waals surface area contributed by atoms with Crippen molar-refractivity contribution in [2.24, 2.45) is 0 Å². The van der Waals surface area contributed by atoms with Crippen LogP contribution in [0.4, 0.5) is 5.69 Å². The number of anilines is 1. The van der Waals surface area contributed by atoms with Crippen molar-refractivity contribution < 1.29 is 4.79 Å². The van der Waals surface area contributed by atoms with Crippen molar-refractivity contribution in [1.29, 1.82) is 0 Å². The third-order valence-corrected chi connectivity index (χ3v) is 6.71. The average Bonchev–Trinajstić information content (AvgIpc) is 3.16. The maximum atomic E-state index is 12.6. The second-order valence-electron chi connectivity index (χ2n) is 6.78. The van der Waals surface area contributed by atoms with Crippen molar-refractivity contribution in [1.82, 2.24) is 14.6 Å². The maximum Gasteiger partial charge on any atom is 0.275 e. The molecule has 1 amide bonds. The second kappa shape index (κ2) is 9.64. The monoisotopic (exact) mass is 470 g/mol. The largest absolute Gasteiger partial charge is 0.321 e. The Morgan fingerprint density at radius 2 is 2.03 bits per heavy atom. The summed E-state index contributed by atoms with van der Waals surface area (Å²) in [7, 11) is 0. The van der Waals surface area contributed by atoms with E-state index < -0.39 is 0 Å². The van der Waals surface area contributed by atoms with Crippen molar-refractivity contribution in [2.45, 2.75) is 30.4 Å². The number of thioether (sulfide) groups is 1. The van der Waals surface area contributed by atoms with E-state index in [1.807, 2.05) is 24.3 Å². The van der Waals surface area contributed by atoms with Gasteiger partial charge in [0.2, 0.25) is 4.96 Å². The summed E-state index contributed by atoms with van der Waals surface area (Å²) < 4.78 is 1.36. The molecule has 0 atom stereocenters. The van der Waals surface area contributed by atoms with Gasteiger partial charge in [-0.05, 0) is 36.8 Å². The lowest BCUT2D eigenvalue weighted by Crippen LogP contribution is -2.15. The fourth-order valence-electron chi connectivity index (χ4n) is 2.96. The Morgan fingerprint density at radius 1 is 1.19 bits per heavy atom. The molecule has 1 N–H and O–H groups in total. The molecule has 0 saturated heterocycles. The molecule has 0 saturated carbocycles. The minimum Gasteiger partial charge on any atom is -0.321 e. The van der Waals surface area contributed by atoms with Gasteiger partial charge in [-0.1, -0.05) is 48.1 Å². The van der Waals surface area contributed by atoms with Crippen LogP contribution in [0.25, 0.3) is 4.96 Å². The van der Waals surface area contributed by atoms with Gasteiger partial charge in [0.1, 0.15) is 5.01 Å². The normalized spacial score (nSPS) is 11.0. The third-order valence-electron chi connectivity index (χ3n) is 4.40. The number of para-hydroxylation sites is 1. The van der Waals surface area contributed by atoms with Gasteiger partial charge in [0.15, 0.2) is 0 Å². The Bertz CT molecular complexity index is 1300. The maximum absolute atomic E-state index is 12.6. The summed E-state index contributed by atoms with van der Waals surface area (Å²) >= 11 is 8.95. The first-order chi connectivity index (χ1) is 15.0. The van der Waals surface area contributed by atoms with Crippen molar-refractivity contribution >= 4 is 51.3 Å². The number of fused-ring (bicyclic) bond motifs is 1. The minimum atomic E-state index is -0.235. The van der Waals surface area contributed by atoms with Crippen molar-refractivity contribution in [3.63, 3.8) is 0 Å². The molecule has 4 aromatic rings. The number of nitrogens with one attached hydrogen (secondary N) is 1. The van der Waals surface area contributed by atoms with E-state index in [0.717, 1.165) is 22.7 Å². The number of hydrogen-bond donors (Lipinski definition) is 1.